The predicted octanol–water partition coefficient (Wildman–Crippen LogP) is 4.16. The number of amides is 1. The number of hydrogen-bond donors (Lipinski definition) is 0. The van der Waals surface area contributed by atoms with Crippen LogP contribution < -0.4 is 0 Å². The molecule has 7 heteroatoms. The van der Waals surface area contributed by atoms with E-state index in [1.54, 1.807) is 47.4 Å². The number of carbonyl (C=O) groups is 1. The zero-order valence-electron chi connectivity index (χ0n) is 13.9. The van der Waals surface area contributed by atoms with Gasteiger partial charge in [0.1, 0.15) is 0 Å². The van der Waals surface area contributed by atoms with E-state index in [0.717, 1.165) is 6.07 Å². The van der Waals surface area contributed by atoms with Crippen molar-refractivity contribution in [1.82, 2.24) is 14.7 Å². The maximum absolute atomic E-state index is 13.2. The summed E-state index contributed by atoms with van der Waals surface area (Å²) in [6, 6.07) is 13.8. The van der Waals surface area contributed by atoms with Gasteiger partial charge in [-0.1, -0.05) is 30.3 Å². The molecule has 0 aliphatic heterocycles. The van der Waals surface area contributed by atoms with E-state index in [2.05, 4.69) is 5.10 Å². The van der Waals surface area contributed by atoms with Crippen LogP contribution in [0.1, 0.15) is 21.5 Å². The zero-order chi connectivity index (χ0) is 18.7. The highest BCUT2D eigenvalue weighted by atomic mass is 19.4. The molecule has 3 rings (SSSR count). The number of halogens is 3. The van der Waals surface area contributed by atoms with Gasteiger partial charge in [0.15, 0.2) is 0 Å². The normalized spacial score (nSPS) is 11.4. The average Bonchev–Trinajstić information content (AvgIpc) is 3.15. The van der Waals surface area contributed by atoms with Gasteiger partial charge in [0, 0.05) is 26.0 Å². The Morgan fingerprint density at radius 1 is 1.08 bits per heavy atom. The van der Waals surface area contributed by atoms with Gasteiger partial charge in [-0.15, -0.1) is 0 Å². The Bertz CT molecular complexity index is 904. The summed E-state index contributed by atoms with van der Waals surface area (Å²) in [5, 5.41) is 4.12. The van der Waals surface area contributed by atoms with Crippen LogP contribution >= 0.6 is 0 Å². The lowest BCUT2D eigenvalue weighted by atomic mass is 10.1. The van der Waals surface area contributed by atoms with E-state index in [0.29, 0.717) is 11.3 Å². The van der Waals surface area contributed by atoms with Gasteiger partial charge in [-0.05, 0) is 29.8 Å². The topological polar surface area (TPSA) is 38.1 Å². The Labute approximate surface area is 148 Å². The molecule has 0 unspecified atom stereocenters. The first-order valence-corrected chi connectivity index (χ1v) is 7.87. The molecule has 0 fully saturated rings. The largest absolute Gasteiger partial charge is 0.416 e. The van der Waals surface area contributed by atoms with Gasteiger partial charge in [0.05, 0.1) is 16.8 Å². The smallest absolute Gasteiger partial charge is 0.337 e. The number of alkyl halides is 3. The third kappa shape index (κ3) is 3.61. The number of nitrogens with zero attached hydrogens (tertiary/aromatic N) is 3. The molecule has 26 heavy (non-hydrogen) atoms. The number of rotatable bonds is 4. The SMILES string of the molecule is CN(Cc1ccccc1C(F)(F)F)C(=O)c1ccccc1-n1cccn1. The van der Waals surface area contributed by atoms with Gasteiger partial charge in [0.2, 0.25) is 0 Å². The van der Waals surface area contributed by atoms with Crippen LogP contribution in [0.25, 0.3) is 5.69 Å². The summed E-state index contributed by atoms with van der Waals surface area (Å²) in [4.78, 5) is 14.1. The molecular formula is C19H16F3N3O. The highest BCUT2D eigenvalue weighted by Crippen LogP contribution is 2.32. The average molecular weight is 359 g/mol. The van der Waals surface area contributed by atoms with E-state index in [1.807, 2.05) is 0 Å². The fourth-order valence-electron chi connectivity index (χ4n) is 2.73. The van der Waals surface area contributed by atoms with E-state index in [-0.39, 0.29) is 18.0 Å². The summed E-state index contributed by atoms with van der Waals surface area (Å²) in [5.74, 6) is -0.381. The van der Waals surface area contributed by atoms with Gasteiger partial charge >= 0.3 is 6.18 Å². The Hall–Kier alpha value is -3.09. The molecule has 0 saturated heterocycles. The van der Waals surface area contributed by atoms with Crippen LogP contribution in [0.5, 0.6) is 0 Å². The Morgan fingerprint density at radius 3 is 2.46 bits per heavy atom. The standard InChI is InChI=1S/C19H16F3N3O/c1-24(13-14-7-2-4-9-16(14)19(20,21)22)18(26)15-8-3-5-10-17(15)25-12-6-11-23-25/h2-12H,13H2,1H3. The number of hydrogen-bond acceptors (Lipinski definition) is 2. The lowest BCUT2D eigenvalue weighted by molar-refractivity contribution is -0.138. The molecule has 0 aliphatic rings. The first-order valence-electron chi connectivity index (χ1n) is 7.87. The molecular weight excluding hydrogens is 343 g/mol. The second-order valence-corrected chi connectivity index (χ2v) is 5.78. The molecule has 1 amide bonds. The Kier molecular flexibility index (Phi) is 4.79. The van der Waals surface area contributed by atoms with Crippen LogP contribution in [0.2, 0.25) is 0 Å². The fourth-order valence-corrected chi connectivity index (χ4v) is 2.73. The molecule has 0 atom stereocenters. The summed E-state index contributed by atoms with van der Waals surface area (Å²) >= 11 is 0. The van der Waals surface area contributed by atoms with E-state index < -0.39 is 11.7 Å². The van der Waals surface area contributed by atoms with Crippen molar-refractivity contribution < 1.29 is 18.0 Å². The second kappa shape index (κ2) is 7.03. The molecule has 134 valence electrons. The fraction of sp³-hybridized carbons (Fsp3) is 0.158. The highest BCUT2D eigenvalue weighted by Gasteiger charge is 2.33. The Morgan fingerprint density at radius 2 is 1.77 bits per heavy atom. The van der Waals surface area contributed by atoms with Crippen molar-refractivity contribution in [2.75, 3.05) is 7.05 Å². The maximum Gasteiger partial charge on any atom is 0.416 e. The van der Waals surface area contributed by atoms with Crippen molar-refractivity contribution in [2.24, 2.45) is 0 Å². The Balaban J connectivity index is 1.89. The first kappa shape index (κ1) is 17.7. The van der Waals surface area contributed by atoms with Crippen LogP contribution in [0.15, 0.2) is 67.0 Å². The molecule has 4 nitrogen and oxygen atoms in total. The van der Waals surface area contributed by atoms with Gasteiger partial charge in [-0.2, -0.15) is 18.3 Å². The van der Waals surface area contributed by atoms with Crippen LogP contribution in [0.3, 0.4) is 0 Å². The minimum Gasteiger partial charge on any atom is -0.337 e. The summed E-state index contributed by atoms with van der Waals surface area (Å²) in [7, 11) is 1.48. The third-order valence-corrected chi connectivity index (χ3v) is 3.96. The van der Waals surface area contributed by atoms with E-state index in [9.17, 15) is 18.0 Å². The van der Waals surface area contributed by atoms with Gasteiger partial charge in [-0.25, -0.2) is 4.68 Å². The lowest BCUT2D eigenvalue weighted by Gasteiger charge is -2.21. The number of benzene rings is 2. The molecule has 1 heterocycles. The molecule has 0 bridgehead atoms. The summed E-state index contributed by atoms with van der Waals surface area (Å²) in [6.45, 7) is -0.151. The molecule has 0 saturated carbocycles. The quantitative estimate of drug-likeness (QED) is 0.701. The highest BCUT2D eigenvalue weighted by molar-refractivity contribution is 5.97. The summed E-state index contributed by atoms with van der Waals surface area (Å²) < 4.78 is 41.0. The van der Waals surface area contributed by atoms with Crippen molar-refractivity contribution in [2.45, 2.75) is 12.7 Å². The minimum atomic E-state index is -4.46. The zero-order valence-corrected chi connectivity index (χ0v) is 13.9. The van der Waals surface area contributed by atoms with Gasteiger partial charge in [-0.3, -0.25) is 4.79 Å². The van der Waals surface area contributed by atoms with Gasteiger partial charge < -0.3 is 4.90 Å². The maximum atomic E-state index is 13.2. The summed E-state index contributed by atoms with van der Waals surface area (Å²) in [6.07, 6.45) is -1.18. The van der Waals surface area contributed by atoms with Crippen molar-refractivity contribution in [1.29, 1.82) is 0 Å². The molecule has 0 N–H and O–H groups in total. The van der Waals surface area contributed by atoms with E-state index in [1.165, 1.54) is 30.1 Å². The predicted molar refractivity (Wildman–Crippen MR) is 90.8 cm³/mol. The van der Waals surface area contributed by atoms with E-state index >= 15 is 0 Å². The molecule has 3 aromatic rings. The lowest BCUT2D eigenvalue weighted by Crippen LogP contribution is -2.28. The van der Waals surface area contributed by atoms with Crippen LogP contribution in [-0.4, -0.2) is 27.6 Å². The third-order valence-electron chi connectivity index (χ3n) is 3.96. The second-order valence-electron chi connectivity index (χ2n) is 5.78. The molecule has 0 spiro atoms. The van der Waals surface area contributed by atoms with Crippen molar-refractivity contribution in [3.8, 4) is 5.69 Å². The summed E-state index contributed by atoms with van der Waals surface area (Å²) in [5.41, 5.74) is 0.245. The molecule has 0 aliphatic carbocycles. The number of para-hydroxylation sites is 1. The van der Waals surface area contributed by atoms with Crippen molar-refractivity contribution >= 4 is 5.91 Å². The minimum absolute atomic E-state index is 0.0485. The van der Waals surface area contributed by atoms with Crippen LogP contribution in [0.4, 0.5) is 13.2 Å². The number of aromatic nitrogens is 2. The van der Waals surface area contributed by atoms with Gasteiger partial charge in [0.25, 0.3) is 5.91 Å². The first-order chi connectivity index (χ1) is 12.4. The van der Waals surface area contributed by atoms with Crippen LogP contribution in [0, 0.1) is 0 Å². The monoisotopic (exact) mass is 359 g/mol. The van der Waals surface area contributed by atoms with Crippen molar-refractivity contribution in [3.05, 3.63) is 83.7 Å². The molecule has 1 aromatic heterocycles. The van der Waals surface area contributed by atoms with Crippen LogP contribution in [-0.2, 0) is 12.7 Å². The molecule has 0 radical (unpaired) electrons. The molecule has 2 aromatic carbocycles. The van der Waals surface area contributed by atoms with Crippen molar-refractivity contribution in [3.63, 3.8) is 0 Å². The number of carbonyl (C=O) groups excluding carboxylic acids is 1. The van der Waals surface area contributed by atoms with E-state index in [4.69, 9.17) is 0 Å².